The number of para-hydroxylation sites is 1. The van der Waals surface area contributed by atoms with E-state index in [1.54, 1.807) is 11.3 Å². The van der Waals surface area contributed by atoms with E-state index in [1.165, 1.54) is 4.88 Å². The molecule has 17 heavy (non-hydrogen) atoms. The van der Waals surface area contributed by atoms with Crippen molar-refractivity contribution in [3.63, 3.8) is 0 Å². The molecule has 2 aromatic rings. The molecule has 1 heterocycles. The standard InChI is InChI=1S/C13H14N2S2/c1-9(12-7-4-8-17-12)15-11-6-3-2-5-10(11)13(14)16/h2-9,15H,1H3,(H2,14,16). The normalized spacial score (nSPS) is 12.1. The molecule has 0 aliphatic rings. The first-order valence-electron chi connectivity index (χ1n) is 5.37. The van der Waals surface area contributed by atoms with Crippen molar-refractivity contribution in [1.29, 1.82) is 0 Å². The molecule has 0 aliphatic heterocycles. The van der Waals surface area contributed by atoms with E-state index in [9.17, 15) is 0 Å². The number of thiocarbonyl (C=S) groups is 1. The number of thiophene rings is 1. The predicted molar refractivity (Wildman–Crippen MR) is 78.7 cm³/mol. The number of rotatable bonds is 4. The van der Waals surface area contributed by atoms with Gasteiger partial charge in [0, 0.05) is 16.1 Å². The van der Waals surface area contributed by atoms with Gasteiger partial charge in [0.15, 0.2) is 0 Å². The summed E-state index contributed by atoms with van der Waals surface area (Å²) in [6.07, 6.45) is 0. The number of hydrogen-bond acceptors (Lipinski definition) is 3. The molecule has 88 valence electrons. The third-order valence-corrected chi connectivity index (χ3v) is 3.81. The molecule has 4 heteroatoms. The maximum atomic E-state index is 5.70. The molecule has 0 saturated carbocycles. The molecule has 2 rings (SSSR count). The average molecular weight is 262 g/mol. The fourth-order valence-electron chi connectivity index (χ4n) is 1.67. The monoisotopic (exact) mass is 262 g/mol. The molecule has 2 nitrogen and oxygen atoms in total. The van der Waals surface area contributed by atoms with Crippen LogP contribution in [0.5, 0.6) is 0 Å². The number of nitrogens with one attached hydrogen (secondary N) is 1. The number of hydrogen-bond donors (Lipinski definition) is 2. The van der Waals surface area contributed by atoms with Gasteiger partial charge in [0.1, 0.15) is 4.99 Å². The van der Waals surface area contributed by atoms with Crippen LogP contribution in [0.4, 0.5) is 5.69 Å². The highest BCUT2D eigenvalue weighted by molar-refractivity contribution is 7.80. The second-order valence-electron chi connectivity index (χ2n) is 3.79. The maximum Gasteiger partial charge on any atom is 0.106 e. The molecule has 0 saturated heterocycles. The summed E-state index contributed by atoms with van der Waals surface area (Å²) in [4.78, 5) is 1.72. The van der Waals surface area contributed by atoms with Gasteiger partial charge < -0.3 is 11.1 Å². The van der Waals surface area contributed by atoms with E-state index in [0.29, 0.717) is 4.99 Å². The number of anilines is 1. The lowest BCUT2D eigenvalue weighted by molar-refractivity contribution is 0.907. The summed E-state index contributed by atoms with van der Waals surface area (Å²) >= 11 is 6.78. The summed E-state index contributed by atoms with van der Waals surface area (Å²) in [7, 11) is 0. The van der Waals surface area contributed by atoms with Crippen molar-refractivity contribution in [2.45, 2.75) is 13.0 Å². The minimum absolute atomic E-state index is 0.255. The molecule has 0 spiro atoms. The molecular formula is C13H14N2S2. The lowest BCUT2D eigenvalue weighted by Gasteiger charge is -2.16. The van der Waals surface area contributed by atoms with E-state index in [-0.39, 0.29) is 6.04 Å². The van der Waals surface area contributed by atoms with Crippen molar-refractivity contribution < 1.29 is 0 Å². The van der Waals surface area contributed by atoms with Gasteiger partial charge in [0.25, 0.3) is 0 Å². The highest BCUT2D eigenvalue weighted by Crippen LogP contribution is 2.25. The predicted octanol–water partition coefficient (Wildman–Crippen LogP) is 3.56. The van der Waals surface area contributed by atoms with Gasteiger partial charge in [-0.2, -0.15) is 0 Å². The summed E-state index contributed by atoms with van der Waals surface area (Å²) in [6.45, 7) is 2.13. The summed E-state index contributed by atoms with van der Waals surface area (Å²) in [5.41, 5.74) is 7.58. The second kappa shape index (κ2) is 5.29. The zero-order valence-electron chi connectivity index (χ0n) is 9.51. The highest BCUT2D eigenvalue weighted by Gasteiger charge is 2.09. The van der Waals surface area contributed by atoms with Gasteiger partial charge in [0.05, 0.1) is 6.04 Å². The first-order chi connectivity index (χ1) is 8.18. The zero-order chi connectivity index (χ0) is 12.3. The molecule has 1 aromatic heterocycles. The van der Waals surface area contributed by atoms with Crippen molar-refractivity contribution in [2.24, 2.45) is 5.73 Å². The Morgan fingerprint density at radius 1 is 1.29 bits per heavy atom. The first-order valence-corrected chi connectivity index (χ1v) is 6.66. The lowest BCUT2D eigenvalue weighted by atomic mass is 10.1. The minimum atomic E-state index is 0.255. The van der Waals surface area contributed by atoms with Crippen LogP contribution in [0.15, 0.2) is 41.8 Å². The molecule has 0 bridgehead atoms. The Morgan fingerprint density at radius 2 is 2.06 bits per heavy atom. The molecule has 0 amide bonds. The van der Waals surface area contributed by atoms with Crippen molar-refractivity contribution in [3.8, 4) is 0 Å². The largest absolute Gasteiger partial charge is 0.389 e. The van der Waals surface area contributed by atoms with Crippen LogP contribution in [-0.2, 0) is 0 Å². The van der Waals surface area contributed by atoms with Gasteiger partial charge in [-0.1, -0.05) is 30.4 Å². The van der Waals surface area contributed by atoms with Crippen molar-refractivity contribution in [1.82, 2.24) is 0 Å². The quantitative estimate of drug-likeness (QED) is 0.827. The Morgan fingerprint density at radius 3 is 2.71 bits per heavy atom. The van der Waals surface area contributed by atoms with Gasteiger partial charge in [0.2, 0.25) is 0 Å². The van der Waals surface area contributed by atoms with Crippen LogP contribution in [0.3, 0.4) is 0 Å². The van der Waals surface area contributed by atoms with E-state index in [2.05, 4.69) is 29.8 Å². The molecule has 0 radical (unpaired) electrons. The van der Waals surface area contributed by atoms with E-state index >= 15 is 0 Å². The van der Waals surface area contributed by atoms with Gasteiger partial charge in [-0.25, -0.2) is 0 Å². The van der Waals surface area contributed by atoms with Crippen LogP contribution >= 0.6 is 23.6 Å². The fraction of sp³-hybridized carbons (Fsp3) is 0.154. The van der Waals surface area contributed by atoms with E-state index in [4.69, 9.17) is 18.0 Å². The maximum absolute atomic E-state index is 5.70. The Labute approximate surface area is 110 Å². The zero-order valence-corrected chi connectivity index (χ0v) is 11.1. The van der Waals surface area contributed by atoms with Gasteiger partial charge in [-0.15, -0.1) is 11.3 Å². The molecule has 1 atom stereocenters. The van der Waals surface area contributed by atoms with Crippen molar-refractivity contribution in [3.05, 3.63) is 52.2 Å². The van der Waals surface area contributed by atoms with Gasteiger partial charge >= 0.3 is 0 Å². The highest BCUT2D eigenvalue weighted by atomic mass is 32.1. The topological polar surface area (TPSA) is 38.0 Å². The Balaban J connectivity index is 2.21. The lowest BCUT2D eigenvalue weighted by Crippen LogP contribution is -2.14. The van der Waals surface area contributed by atoms with Crippen LogP contribution < -0.4 is 11.1 Å². The van der Waals surface area contributed by atoms with E-state index < -0.39 is 0 Å². The van der Waals surface area contributed by atoms with Crippen LogP contribution in [-0.4, -0.2) is 4.99 Å². The average Bonchev–Trinajstić information content (AvgIpc) is 2.83. The minimum Gasteiger partial charge on any atom is -0.389 e. The SMILES string of the molecule is CC(Nc1ccccc1C(N)=S)c1cccs1. The molecule has 0 aliphatic carbocycles. The second-order valence-corrected chi connectivity index (χ2v) is 5.21. The van der Waals surface area contributed by atoms with Crippen LogP contribution in [0.1, 0.15) is 23.4 Å². The van der Waals surface area contributed by atoms with E-state index in [1.807, 2.05) is 24.3 Å². The van der Waals surface area contributed by atoms with Crippen molar-refractivity contribution in [2.75, 3.05) is 5.32 Å². The molecular weight excluding hydrogens is 248 g/mol. The Hall–Kier alpha value is -1.39. The number of benzene rings is 1. The summed E-state index contributed by atoms with van der Waals surface area (Å²) in [5, 5.41) is 5.51. The summed E-state index contributed by atoms with van der Waals surface area (Å²) in [5.74, 6) is 0. The van der Waals surface area contributed by atoms with Crippen LogP contribution in [0, 0.1) is 0 Å². The molecule has 0 fully saturated rings. The molecule has 3 N–H and O–H groups in total. The first kappa shape index (κ1) is 12.1. The summed E-state index contributed by atoms with van der Waals surface area (Å²) < 4.78 is 0. The summed E-state index contributed by atoms with van der Waals surface area (Å²) in [6, 6.07) is 12.3. The smallest absolute Gasteiger partial charge is 0.106 e. The Kier molecular flexibility index (Phi) is 3.76. The van der Waals surface area contributed by atoms with Crippen molar-refractivity contribution >= 4 is 34.2 Å². The van der Waals surface area contributed by atoms with Gasteiger partial charge in [-0.3, -0.25) is 0 Å². The van der Waals surface area contributed by atoms with Crippen LogP contribution in [0.25, 0.3) is 0 Å². The fourth-order valence-corrected chi connectivity index (χ4v) is 2.58. The third-order valence-electron chi connectivity index (χ3n) is 2.53. The van der Waals surface area contributed by atoms with E-state index in [0.717, 1.165) is 11.3 Å². The molecule has 1 aromatic carbocycles. The van der Waals surface area contributed by atoms with Gasteiger partial charge in [-0.05, 0) is 30.5 Å². The number of nitrogens with two attached hydrogens (primary N) is 1. The Bertz CT molecular complexity index is 506. The molecule has 1 unspecified atom stereocenters. The third kappa shape index (κ3) is 2.84. The van der Waals surface area contributed by atoms with Crippen LogP contribution in [0.2, 0.25) is 0 Å².